The molecular formula is C10H15N5. The molecule has 2 N–H and O–H groups in total. The zero-order chi connectivity index (χ0) is 11.2. The van der Waals surface area contributed by atoms with Gasteiger partial charge < -0.3 is 5.73 Å². The fraction of sp³-hybridized carbons (Fsp3) is 0.500. The lowest BCUT2D eigenvalue weighted by atomic mass is 10.2. The molecule has 0 radical (unpaired) electrons. The molecule has 80 valence electrons. The van der Waals surface area contributed by atoms with Gasteiger partial charge in [-0.3, -0.25) is 0 Å². The van der Waals surface area contributed by atoms with Crippen LogP contribution in [0.5, 0.6) is 0 Å². The van der Waals surface area contributed by atoms with Gasteiger partial charge in [0.1, 0.15) is 0 Å². The lowest BCUT2D eigenvalue weighted by Gasteiger charge is -2.04. The van der Waals surface area contributed by atoms with Gasteiger partial charge in [0.25, 0.3) is 5.78 Å². The van der Waals surface area contributed by atoms with E-state index in [1.165, 1.54) is 0 Å². The van der Waals surface area contributed by atoms with Crippen LogP contribution in [0.2, 0.25) is 0 Å². The van der Waals surface area contributed by atoms with Crippen molar-refractivity contribution in [3.8, 4) is 0 Å². The summed E-state index contributed by atoms with van der Waals surface area (Å²) < 4.78 is 1.75. The Hall–Kier alpha value is -1.49. The second-order valence-corrected chi connectivity index (χ2v) is 3.88. The van der Waals surface area contributed by atoms with Gasteiger partial charge in [0.05, 0.1) is 6.04 Å². The summed E-state index contributed by atoms with van der Waals surface area (Å²) in [6.45, 7) is 7.88. The minimum Gasteiger partial charge on any atom is -0.321 e. The summed E-state index contributed by atoms with van der Waals surface area (Å²) in [4.78, 5) is 8.66. The first-order chi connectivity index (χ1) is 7.00. The number of nitrogens with two attached hydrogens (primary N) is 1. The Bertz CT molecular complexity index is 512. The van der Waals surface area contributed by atoms with Crippen molar-refractivity contribution in [1.82, 2.24) is 19.6 Å². The minimum absolute atomic E-state index is 0.160. The Morgan fingerprint density at radius 3 is 2.47 bits per heavy atom. The SMILES string of the molecule is Cc1nc2nc(C(C)N)nn2c(C)c1C. The van der Waals surface area contributed by atoms with Gasteiger partial charge in [0.2, 0.25) is 0 Å². The van der Waals surface area contributed by atoms with Crippen LogP contribution in [0.25, 0.3) is 5.78 Å². The van der Waals surface area contributed by atoms with Crippen molar-refractivity contribution in [3.05, 3.63) is 22.8 Å². The highest BCUT2D eigenvalue weighted by atomic mass is 15.3. The first-order valence-corrected chi connectivity index (χ1v) is 4.96. The van der Waals surface area contributed by atoms with Gasteiger partial charge in [-0.25, -0.2) is 9.50 Å². The second kappa shape index (κ2) is 3.27. The van der Waals surface area contributed by atoms with E-state index in [1.807, 2.05) is 27.7 Å². The zero-order valence-electron chi connectivity index (χ0n) is 9.44. The molecule has 2 heterocycles. The molecule has 0 aliphatic rings. The van der Waals surface area contributed by atoms with Crippen molar-refractivity contribution in [1.29, 1.82) is 0 Å². The summed E-state index contributed by atoms with van der Waals surface area (Å²) in [7, 11) is 0. The summed E-state index contributed by atoms with van der Waals surface area (Å²) in [5.41, 5.74) is 8.94. The van der Waals surface area contributed by atoms with Crippen molar-refractivity contribution in [2.75, 3.05) is 0 Å². The van der Waals surface area contributed by atoms with E-state index in [4.69, 9.17) is 5.73 Å². The molecule has 0 saturated heterocycles. The molecule has 0 aliphatic heterocycles. The van der Waals surface area contributed by atoms with E-state index in [0.29, 0.717) is 11.6 Å². The molecule has 0 aromatic carbocycles. The number of rotatable bonds is 1. The van der Waals surface area contributed by atoms with Crippen LogP contribution in [-0.4, -0.2) is 19.6 Å². The van der Waals surface area contributed by atoms with E-state index in [2.05, 4.69) is 15.1 Å². The minimum atomic E-state index is -0.160. The fourth-order valence-electron chi connectivity index (χ4n) is 1.46. The lowest BCUT2D eigenvalue weighted by Crippen LogP contribution is -2.07. The van der Waals surface area contributed by atoms with Crippen molar-refractivity contribution in [3.63, 3.8) is 0 Å². The smallest absolute Gasteiger partial charge is 0.252 e. The van der Waals surface area contributed by atoms with E-state index in [9.17, 15) is 0 Å². The number of aromatic nitrogens is 4. The Labute approximate surface area is 88.3 Å². The van der Waals surface area contributed by atoms with E-state index in [0.717, 1.165) is 17.0 Å². The molecule has 2 aromatic rings. The molecular weight excluding hydrogens is 190 g/mol. The average Bonchev–Trinajstić information content (AvgIpc) is 2.58. The van der Waals surface area contributed by atoms with Crippen molar-refractivity contribution < 1.29 is 0 Å². The van der Waals surface area contributed by atoms with Gasteiger partial charge >= 0.3 is 0 Å². The standard InChI is InChI=1S/C10H15N5/c1-5-7(3)12-10-13-9(6(2)11)14-15(10)8(5)4/h6H,11H2,1-4H3. The van der Waals surface area contributed by atoms with Gasteiger partial charge in [0.15, 0.2) is 5.82 Å². The Morgan fingerprint density at radius 1 is 1.20 bits per heavy atom. The van der Waals surface area contributed by atoms with Crippen LogP contribution in [0.3, 0.4) is 0 Å². The molecule has 0 amide bonds. The van der Waals surface area contributed by atoms with Crippen LogP contribution in [-0.2, 0) is 0 Å². The van der Waals surface area contributed by atoms with Gasteiger partial charge in [0, 0.05) is 11.4 Å². The lowest BCUT2D eigenvalue weighted by molar-refractivity contribution is 0.727. The molecule has 0 bridgehead atoms. The van der Waals surface area contributed by atoms with Crippen LogP contribution in [0.4, 0.5) is 0 Å². The normalized spacial score (nSPS) is 13.4. The maximum atomic E-state index is 5.74. The molecule has 2 aromatic heterocycles. The van der Waals surface area contributed by atoms with Crippen molar-refractivity contribution in [2.45, 2.75) is 33.7 Å². The summed E-state index contributed by atoms with van der Waals surface area (Å²) in [6.07, 6.45) is 0. The molecule has 0 aliphatic carbocycles. The Balaban J connectivity index is 2.76. The monoisotopic (exact) mass is 205 g/mol. The number of hydrogen-bond acceptors (Lipinski definition) is 4. The van der Waals surface area contributed by atoms with Gasteiger partial charge in [-0.2, -0.15) is 4.98 Å². The predicted molar refractivity (Wildman–Crippen MR) is 57.6 cm³/mol. The molecule has 2 rings (SSSR count). The molecule has 0 spiro atoms. The first kappa shape index (κ1) is 10.0. The highest BCUT2D eigenvalue weighted by molar-refractivity contribution is 5.36. The van der Waals surface area contributed by atoms with Gasteiger partial charge in [-0.1, -0.05) is 0 Å². The van der Waals surface area contributed by atoms with E-state index in [1.54, 1.807) is 4.52 Å². The Kier molecular flexibility index (Phi) is 2.19. The van der Waals surface area contributed by atoms with Gasteiger partial charge in [-0.15, -0.1) is 5.10 Å². The zero-order valence-corrected chi connectivity index (χ0v) is 9.44. The number of fused-ring (bicyclic) bond motifs is 1. The van der Waals surface area contributed by atoms with Gasteiger partial charge in [-0.05, 0) is 33.3 Å². The summed E-state index contributed by atoms with van der Waals surface area (Å²) in [5.74, 6) is 1.26. The molecule has 0 saturated carbocycles. The molecule has 5 heteroatoms. The third kappa shape index (κ3) is 1.48. The molecule has 0 fully saturated rings. The predicted octanol–water partition coefficient (Wildman–Crippen LogP) is 1.07. The molecule has 1 unspecified atom stereocenters. The maximum Gasteiger partial charge on any atom is 0.252 e. The van der Waals surface area contributed by atoms with E-state index < -0.39 is 0 Å². The fourth-order valence-corrected chi connectivity index (χ4v) is 1.46. The average molecular weight is 205 g/mol. The number of nitrogens with zero attached hydrogens (tertiary/aromatic N) is 4. The van der Waals surface area contributed by atoms with Crippen LogP contribution in [0.1, 0.15) is 35.7 Å². The number of hydrogen-bond donors (Lipinski definition) is 1. The third-order valence-electron chi connectivity index (χ3n) is 2.68. The largest absolute Gasteiger partial charge is 0.321 e. The number of aryl methyl sites for hydroxylation is 2. The quantitative estimate of drug-likeness (QED) is 0.756. The molecule has 5 nitrogen and oxygen atoms in total. The van der Waals surface area contributed by atoms with Crippen molar-refractivity contribution >= 4 is 5.78 Å². The second-order valence-electron chi connectivity index (χ2n) is 3.88. The summed E-state index contributed by atoms with van der Waals surface area (Å²) >= 11 is 0. The highest BCUT2D eigenvalue weighted by Crippen LogP contribution is 2.13. The first-order valence-electron chi connectivity index (χ1n) is 4.96. The van der Waals surface area contributed by atoms with Crippen molar-refractivity contribution in [2.24, 2.45) is 5.73 Å². The summed E-state index contributed by atoms with van der Waals surface area (Å²) in [5, 5.41) is 4.33. The highest BCUT2D eigenvalue weighted by Gasteiger charge is 2.12. The van der Waals surface area contributed by atoms with Crippen LogP contribution >= 0.6 is 0 Å². The summed E-state index contributed by atoms with van der Waals surface area (Å²) in [6, 6.07) is -0.160. The van der Waals surface area contributed by atoms with Crippen LogP contribution in [0.15, 0.2) is 0 Å². The van der Waals surface area contributed by atoms with E-state index >= 15 is 0 Å². The Morgan fingerprint density at radius 2 is 1.87 bits per heavy atom. The maximum absolute atomic E-state index is 5.74. The third-order valence-corrected chi connectivity index (χ3v) is 2.68. The molecule has 1 atom stereocenters. The van der Waals surface area contributed by atoms with Crippen LogP contribution in [0, 0.1) is 20.8 Å². The molecule has 15 heavy (non-hydrogen) atoms. The van der Waals surface area contributed by atoms with Crippen LogP contribution < -0.4 is 5.73 Å². The van der Waals surface area contributed by atoms with E-state index in [-0.39, 0.29) is 6.04 Å². The topological polar surface area (TPSA) is 69.1 Å².